The van der Waals surface area contributed by atoms with Gasteiger partial charge in [0.15, 0.2) is 6.61 Å². The smallest absolute Gasteiger partial charge is 0.265 e. The Kier molecular flexibility index (Phi) is 3.71. The predicted octanol–water partition coefficient (Wildman–Crippen LogP) is 2.57. The van der Waals surface area contributed by atoms with Gasteiger partial charge in [-0.2, -0.15) is 0 Å². The fourth-order valence-corrected chi connectivity index (χ4v) is 2.93. The summed E-state index contributed by atoms with van der Waals surface area (Å²) in [5.41, 5.74) is 2.95. The van der Waals surface area contributed by atoms with Gasteiger partial charge in [0.25, 0.3) is 5.91 Å². The number of aromatic nitrogens is 1. The van der Waals surface area contributed by atoms with E-state index in [2.05, 4.69) is 10.5 Å². The molecule has 2 aliphatic rings. The summed E-state index contributed by atoms with van der Waals surface area (Å²) in [5.74, 6) is 1.32. The van der Waals surface area contributed by atoms with Crippen LogP contribution in [0.25, 0.3) is 0 Å². The van der Waals surface area contributed by atoms with E-state index in [-0.39, 0.29) is 24.3 Å². The number of aryl methyl sites for hydroxylation is 2. The molecule has 7 nitrogen and oxygen atoms in total. The van der Waals surface area contributed by atoms with Crippen molar-refractivity contribution < 1.29 is 18.8 Å². The number of rotatable bonds is 4. The Hall–Kier alpha value is -2.83. The zero-order valence-corrected chi connectivity index (χ0v) is 14.2. The summed E-state index contributed by atoms with van der Waals surface area (Å²) in [5, 5.41) is 6.85. The standard InChI is InChI=1S/C18H19N3O4/c1-10-14(11(2)25-20-10)8-21-15-7-13(19-18(23)12-3-4-12)5-6-16(15)24-9-17(21)22/h5-7,12H,3-4,8-9H2,1-2H3,(H,19,23). The van der Waals surface area contributed by atoms with E-state index in [4.69, 9.17) is 9.26 Å². The molecule has 0 atom stereocenters. The molecule has 1 saturated carbocycles. The van der Waals surface area contributed by atoms with Crippen LogP contribution in [0.3, 0.4) is 0 Å². The van der Waals surface area contributed by atoms with Crippen molar-refractivity contribution in [1.82, 2.24) is 5.16 Å². The van der Waals surface area contributed by atoms with E-state index in [1.165, 1.54) is 0 Å². The summed E-state index contributed by atoms with van der Waals surface area (Å²) in [6, 6.07) is 5.36. The molecule has 0 spiro atoms. The van der Waals surface area contributed by atoms with Gasteiger partial charge in [0, 0.05) is 17.2 Å². The molecule has 2 amide bonds. The maximum absolute atomic E-state index is 12.4. The lowest BCUT2D eigenvalue weighted by atomic mass is 10.1. The number of fused-ring (bicyclic) bond motifs is 1. The number of ether oxygens (including phenoxy) is 1. The fraction of sp³-hybridized carbons (Fsp3) is 0.389. The van der Waals surface area contributed by atoms with E-state index in [1.807, 2.05) is 13.8 Å². The average molecular weight is 341 g/mol. The van der Waals surface area contributed by atoms with Crippen LogP contribution in [0.4, 0.5) is 11.4 Å². The molecule has 7 heteroatoms. The van der Waals surface area contributed by atoms with Crippen molar-refractivity contribution in [3.05, 3.63) is 35.2 Å². The average Bonchev–Trinajstić information content (AvgIpc) is 3.39. The van der Waals surface area contributed by atoms with Crippen LogP contribution >= 0.6 is 0 Å². The van der Waals surface area contributed by atoms with Crippen molar-refractivity contribution in [3.8, 4) is 5.75 Å². The Morgan fingerprint density at radius 3 is 2.84 bits per heavy atom. The van der Waals surface area contributed by atoms with Crippen LogP contribution in [0, 0.1) is 19.8 Å². The first kappa shape index (κ1) is 15.7. The van der Waals surface area contributed by atoms with Crippen molar-refractivity contribution in [3.63, 3.8) is 0 Å². The van der Waals surface area contributed by atoms with Gasteiger partial charge in [-0.1, -0.05) is 5.16 Å². The molecule has 1 aliphatic carbocycles. The Morgan fingerprint density at radius 2 is 2.16 bits per heavy atom. The maximum Gasteiger partial charge on any atom is 0.265 e. The number of benzene rings is 1. The molecular weight excluding hydrogens is 322 g/mol. The highest BCUT2D eigenvalue weighted by atomic mass is 16.5. The van der Waals surface area contributed by atoms with E-state index in [1.54, 1.807) is 23.1 Å². The summed E-state index contributed by atoms with van der Waals surface area (Å²) in [7, 11) is 0. The number of nitrogens with zero attached hydrogens (tertiary/aromatic N) is 2. The molecule has 0 saturated heterocycles. The first-order valence-corrected chi connectivity index (χ1v) is 8.33. The lowest BCUT2D eigenvalue weighted by Gasteiger charge is -2.29. The molecule has 1 aromatic carbocycles. The third-order valence-corrected chi connectivity index (χ3v) is 4.62. The van der Waals surface area contributed by atoms with Gasteiger partial charge in [-0.15, -0.1) is 0 Å². The van der Waals surface area contributed by atoms with Crippen LogP contribution in [0.1, 0.15) is 29.9 Å². The fourth-order valence-electron chi connectivity index (χ4n) is 2.93. The predicted molar refractivity (Wildman–Crippen MR) is 90.5 cm³/mol. The molecular formula is C18H19N3O4. The van der Waals surface area contributed by atoms with Crippen LogP contribution in [-0.2, 0) is 16.1 Å². The second-order valence-corrected chi connectivity index (χ2v) is 6.52. The maximum atomic E-state index is 12.4. The van der Waals surface area contributed by atoms with Gasteiger partial charge >= 0.3 is 0 Å². The molecule has 1 N–H and O–H groups in total. The SMILES string of the molecule is Cc1noc(C)c1CN1C(=O)COc2ccc(NC(=O)C3CC3)cc21. The van der Waals surface area contributed by atoms with Crippen LogP contribution in [0.5, 0.6) is 5.75 Å². The first-order chi connectivity index (χ1) is 12.0. The number of amides is 2. The van der Waals surface area contributed by atoms with E-state index in [0.717, 1.165) is 24.1 Å². The van der Waals surface area contributed by atoms with Gasteiger partial charge in [0.2, 0.25) is 5.91 Å². The van der Waals surface area contributed by atoms with Crippen LogP contribution in [0.2, 0.25) is 0 Å². The molecule has 0 unspecified atom stereocenters. The minimum atomic E-state index is -0.141. The third-order valence-electron chi connectivity index (χ3n) is 4.62. The molecule has 4 rings (SSSR count). The Bertz CT molecular complexity index is 835. The molecule has 2 aromatic rings. The number of hydrogen-bond donors (Lipinski definition) is 1. The Morgan fingerprint density at radius 1 is 1.36 bits per heavy atom. The quantitative estimate of drug-likeness (QED) is 0.924. The minimum absolute atomic E-state index is 0.00977. The highest BCUT2D eigenvalue weighted by Crippen LogP contribution is 2.37. The van der Waals surface area contributed by atoms with Crippen LogP contribution in [0.15, 0.2) is 22.7 Å². The van der Waals surface area contributed by atoms with Gasteiger partial charge < -0.3 is 19.5 Å². The second-order valence-electron chi connectivity index (χ2n) is 6.52. The van der Waals surface area contributed by atoms with Crippen molar-refractivity contribution in [1.29, 1.82) is 0 Å². The van der Waals surface area contributed by atoms with Gasteiger partial charge in [-0.3, -0.25) is 9.59 Å². The van der Waals surface area contributed by atoms with E-state index < -0.39 is 0 Å². The highest BCUT2D eigenvalue weighted by molar-refractivity contribution is 6.00. The number of anilines is 2. The minimum Gasteiger partial charge on any atom is -0.482 e. The van der Waals surface area contributed by atoms with E-state index in [9.17, 15) is 9.59 Å². The largest absolute Gasteiger partial charge is 0.482 e. The highest BCUT2D eigenvalue weighted by Gasteiger charge is 2.31. The van der Waals surface area contributed by atoms with Gasteiger partial charge in [-0.05, 0) is 44.9 Å². The van der Waals surface area contributed by atoms with Crippen molar-refractivity contribution >= 4 is 23.2 Å². The van der Waals surface area contributed by atoms with Crippen molar-refractivity contribution in [2.75, 3.05) is 16.8 Å². The Balaban J connectivity index is 1.64. The topological polar surface area (TPSA) is 84.7 Å². The lowest BCUT2D eigenvalue weighted by Crippen LogP contribution is -2.38. The van der Waals surface area contributed by atoms with Gasteiger partial charge in [0.05, 0.1) is 17.9 Å². The third kappa shape index (κ3) is 2.97. The molecule has 1 aromatic heterocycles. The lowest BCUT2D eigenvalue weighted by molar-refractivity contribution is -0.121. The zero-order valence-electron chi connectivity index (χ0n) is 14.2. The summed E-state index contributed by atoms with van der Waals surface area (Å²) in [6.45, 7) is 4.03. The number of hydrogen-bond acceptors (Lipinski definition) is 5. The monoisotopic (exact) mass is 341 g/mol. The molecule has 0 bridgehead atoms. The zero-order chi connectivity index (χ0) is 17.6. The van der Waals surface area contributed by atoms with Crippen LogP contribution < -0.4 is 15.0 Å². The molecule has 25 heavy (non-hydrogen) atoms. The molecule has 0 radical (unpaired) electrons. The van der Waals surface area contributed by atoms with Gasteiger partial charge in [-0.25, -0.2) is 0 Å². The van der Waals surface area contributed by atoms with E-state index >= 15 is 0 Å². The van der Waals surface area contributed by atoms with Crippen molar-refractivity contribution in [2.24, 2.45) is 5.92 Å². The number of carbonyl (C=O) groups is 2. The number of nitrogens with one attached hydrogen (secondary N) is 1. The Labute approximate surface area is 144 Å². The summed E-state index contributed by atoms with van der Waals surface area (Å²) >= 11 is 0. The molecule has 1 aliphatic heterocycles. The second kappa shape index (κ2) is 5.91. The summed E-state index contributed by atoms with van der Waals surface area (Å²) in [6.07, 6.45) is 1.88. The van der Waals surface area contributed by atoms with Gasteiger partial charge in [0.1, 0.15) is 11.5 Å². The van der Waals surface area contributed by atoms with Crippen molar-refractivity contribution in [2.45, 2.75) is 33.2 Å². The van der Waals surface area contributed by atoms with Crippen LogP contribution in [-0.4, -0.2) is 23.6 Å². The molecule has 1 fully saturated rings. The summed E-state index contributed by atoms with van der Waals surface area (Å²) < 4.78 is 10.7. The summed E-state index contributed by atoms with van der Waals surface area (Å²) in [4.78, 5) is 26.1. The normalized spacial score (nSPS) is 16.4. The molecule has 2 heterocycles. The molecule has 130 valence electrons. The van der Waals surface area contributed by atoms with E-state index in [0.29, 0.717) is 29.4 Å². The first-order valence-electron chi connectivity index (χ1n) is 8.33. The number of carbonyl (C=O) groups excluding carboxylic acids is 2.